The second kappa shape index (κ2) is 5.93. The first-order chi connectivity index (χ1) is 9.09. The van der Waals surface area contributed by atoms with Crippen molar-refractivity contribution in [2.24, 2.45) is 5.14 Å². The molecule has 5 nitrogen and oxygen atoms in total. The topological polar surface area (TPSA) is 80.5 Å². The van der Waals surface area contributed by atoms with E-state index in [9.17, 15) is 13.2 Å². The standard InChI is InChI=1S/C14H22N2O3S/c1-6-11(4)16(5)14(17)12-8-13(20(15,18)19)10(3)7-9(12)2/h7-8,11H,6H2,1-5H3,(H2,15,18,19). The van der Waals surface area contributed by atoms with Gasteiger partial charge in [0.05, 0.1) is 4.90 Å². The highest BCUT2D eigenvalue weighted by molar-refractivity contribution is 7.89. The zero-order valence-electron chi connectivity index (χ0n) is 12.6. The zero-order chi connectivity index (χ0) is 15.7. The number of carbonyl (C=O) groups excluding carboxylic acids is 1. The second-order valence-corrected chi connectivity index (χ2v) is 6.68. The predicted octanol–water partition coefficient (Wildman–Crippen LogP) is 1.82. The summed E-state index contributed by atoms with van der Waals surface area (Å²) < 4.78 is 23.1. The first-order valence-corrected chi connectivity index (χ1v) is 8.05. The number of hydrogen-bond donors (Lipinski definition) is 1. The molecule has 0 saturated carbocycles. The fourth-order valence-electron chi connectivity index (χ4n) is 2.03. The van der Waals surface area contributed by atoms with E-state index in [2.05, 4.69) is 0 Å². The van der Waals surface area contributed by atoms with E-state index in [1.807, 2.05) is 13.8 Å². The van der Waals surface area contributed by atoms with Crippen molar-refractivity contribution in [1.29, 1.82) is 0 Å². The molecule has 1 rings (SSSR count). The number of amides is 1. The Morgan fingerprint density at radius 2 is 1.85 bits per heavy atom. The van der Waals surface area contributed by atoms with E-state index in [1.54, 1.807) is 31.9 Å². The molecule has 0 aliphatic rings. The molecule has 1 atom stereocenters. The normalized spacial score (nSPS) is 13.1. The van der Waals surface area contributed by atoms with Gasteiger partial charge in [-0.05, 0) is 44.4 Å². The maximum atomic E-state index is 12.4. The van der Waals surface area contributed by atoms with E-state index in [0.717, 1.165) is 12.0 Å². The number of aryl methyl sites for hydroxylation is 2. The van der Waals surface area contributed by atoms with Gasteiger partial charge in [-0.2, -0.15) is 0 Å². The van der Waals surface area contributed by atoms with E-state index < -0.39 is 10.0 Å². The monoisotopic (exact) mass is 298 g/mol. The highest BCUT2D eigenvalue weighted by Gasteiger charge is 2.21. The Balaban J connectivity index is 3.36. The number of sulfonamides is 1. The van der Waals surface area contributed by atoms with Crippen molar-refractivity contribution in [3.05, 3.63) is 28.8 Å². The van der Waals surface area contributed by atoms with Crippen molar-refractivity contribution >= 4 is 15.9 Å². The van der Waals surface area contributed by atoms with Gasteiger partial charge in [-0.3, -0.25) is 4.79 Å². The van der Waals surface area contributed by atoms with Gasteiger partial charge in [0.25, 0.3) is 5.91 Å². The number of primary sulfonamides is 1. The molecule has 20 heavy (non-hydrogen) atoms. The van der Waals surface area contributed by atoms with Crippen LogP contribution in [0.3, 0.4) is 0 Å². The van der Waals surface area contributed by atoms with Crippen LogP contribution in [0.15, 0.2) is 17.0 Å². The van der Waals surface area contributed by atoms with Crippen LogP contribution in [0.4, 0.5) is 0 Å². The molecular weight excluding hydrogens is 276 g/mol. The van der Waals surface area contributed by atoms with Crippen molar-refractivity contribution < 1.29 is 13.2 Å². The maximum absolute atomic E-state index is 12.4. The summed E-state index contributed by atoms with van der Waals surface area (Å²) in [5.74, 6) is -0.193. The molecule has 6 heteroatoms. The third-order valence-corrected chi connectivity index (χ3v) is 4.68. The van der Waals surface area contributed by atoms with Crippen LogP contribution in [0, 0.1) is 13.8 Å². The van der Waals surface area contributed by atoms with Crippen LogP contribution in [0.1, 0.15) is 41.8 Å². The quantitative estimate of drug-likeness (QED) is 0.920. The first kappa shape index (κ1) is 16.7. The van der Waals surface area contributed by atoms with Crippen LogP contribution < -0.4 is 5.14 Å². The van der Waals surface area contributed by atoms with E-state index in [4.69, 9.17) is 5.14 Å². The molecule has 0 aromatic heterocycles. The number of hydrogen-bond acceptors (Lipinski definition) is 3. The lowest BCUT2D eigenvalue weighted by atomic mass is 10.0. The lowest BCUT2D eigenvalue weighted by molar-refractivity contribution is 0.0739. The minimum atomic E-state index is -3.83. The van der Waals surface area contributed by atoms with Gasteiger partial charge in [0, 0.05) is 18.7 Å². The largest absolute Gasteiger partial charge is 0.339 e. The molecular formula is C14H22N2O3S. The van der Waals surface area contributed by atoms with Crippen LogP contribution in [0.25, 0.3) is 0 Å². The average molecular weight is 298 g/mol. The Bertz CT molecular complexity index is 624. The summed E-state index contributed by atoms with van der Waals surface area (Å²) in [6.07, 6.45) is 0.829. The number of carbonyl (C=O) groups is 1. The van der Waals surface area contributed by atoms with E-state index in [0.29, 0.717) is 11.1 Å². The van der Waals surface area contributed by atoms with Crippen molar-refractivity contribution in [2.75, 3.05) is 7.05 Å². The van der Waals surface area contributed by atoms with Gasteiger partial charge in [-0.1, -0.05) is 13.0 Å². The van der Waals surface area contributed by atoms with Gasteiger partial charge in [0.2, 0.25) is 10.0 Å². The molecule has 1 amide bonds. The van der Waals surface area contributed by atoms with Gasteiger partial charge in [0.15, 0.2) is 0 Å². The Hall–Kier alpha value is -1.40. The molecule has 1 unspecified atom stereocenters. The van der Waals surface area contributed by atoms with Gasteiger partial charge >= 0.3 is 0 Å². The van der Waals surface area contributed by atoms with Gasteiger partial charge in [-0.15, -0.1) is 0 Å². The zero-order valence-corrected chi connectivity index (χ0v) is 13.4. The Kier molecular flexibility index (Phi) is 4.94. The smallest absolute Gasteiger partial charge is 0.254 e. The minimum absolute atomic E-state index is 0.00371. The van der Waals surface area contributed by atoms with Gasteiger partial charge in [0.1, 0.15) is 0 Å². The third-order valence-electron chi connectivity index (χ3n) is 3.63. The molecule has 0 aliphatic heterocycles. The van der Waals surface area contributed by atoms with Crippen LogP contribution in [0.2, 0.25) is 0 Å². The molecule has 0 bridgehead atoms. The molecule has 0 saturated heterocycles. The first-order valence-electron chi connectivity index (χ1n) is 6.50. The summed E-state index contributed by atoms with van der Waals surface area (Å²) >= 11 is 0. The summed E-state index contributed by atoms with van der Waals surface area (Å²) in [7, 11) is -2.11. The maximum Gasteiger partial charge on any atom is 0.254 e. The van der Waals surface area contributed by atoms with E-state index >= 15 is 0 Å². The summed E-state index contributed by atoms with van der Waals surface area (Å²) in [5, 5.41) is 5.19. The molecule has 0 fully saturated rings. The molecule has 0 spiro atoms. The predicted molar refractivity (Wildman–Crippen MR) is 79.1 cm³/mol. The van der Waals surface area contributed by atoms with E-state index in [-0.39, 0.29) is 16.8 Å². The van der Waals surface area contributed by atoms with Crippen LogP contribution in [-0.4, -0.2) is 32.3 Å². The van der Waals surface area contributed by atoms with Crippen molar-refractivity contribution in [3.8, 4) is 0 Å². The minimum Gasteiger partial charge on any atom is -0.339 e. The number of benzene rings is 1. The van der Waals surface area contributed by atoms with Crippen LogP contribution in [0.5, 0.6) is 0 Å². The average Bonchev–Trinajstić information content (AvgIpc) is 2.34. The molecule has 1 aromatic rings. The lowest BCUT2D eigenvalue weighted by Gasteiger charge is -2.25. The fraction of sp³-hybridized carbons (Fsp3) is 0.500. The van der Waals surface area contributed by atoms with Crippen molar-refractivity contribution in [2.45, 2.75) is 45.1 Å². The number of rotatable bonds is 4. The van der Waals surface area contributed by atoms with E-state index in [1.165, 1.54) is 6.07 Å². The summed E-state index contributed by atoms with van der Waals surface area (Å²) in [4.78, 5) is 14.1. The Morgan fingerprint density at radius 3 is 2.30 bits per heavy atom. The second-order valence-electron chi connectivity index (χ2n) is 5.15. The highest BCUT2D eigenvalue weighted by Crippen LogP contribution is 2.21. The molecule has 0 aliphatic carbocycles. The highest BCUT2D eigenvalue weighted by atomic mass is 32.2. The Morgan fingerprint density at radius 1 is 1.30 bits per heavy atom. The third kappa shape index (κ3) is 3.37. The molecule has 1 aromatic carbocycles. The molecule has 0 radical (unpaired) electrons. The molecule has 0 heterocycles. The number of nitrogens with zero attached hydrogens (tertiary/aromatic N) is 1. The van der Waals surface area contributed by atoms with Crippen LogP contribution in [-0.2, 0) is 10.0 Å². The summed E-state index contributed by atoms with van der Waals surface area (Å²) in [6, 6.07) is 3.14. The molecule has 112 valence electrons. The van der Waals surface area contributed by atoms with Crippen molar-refractivity contribution in [3.63, 3.8) is 0 Å². The Labute approximate surface area is 120 Å². The van der Waals surface area contributed by atoms with Gasteiger partial charge in [-0.25, -0.2) is 13.6 Å². The van der Waals surface area contributed by atoms with Crippen LogP contribution >= 0.6 is 0 Å². The summed E-state index contributed by atoms with van der Waals surface area (Å²) in [6.45, 7) is 7.39. The molecule has 2 N–H and O–H groups in total. The number of nitrogens with two attached hydrogens (primary N) is 1. The summed E-state index contributed by atoms with van der Waals surface area (Å²) in [5.41, 5.74) is 1.67. The fourth-order valence-corrected chi connectivity index (χ4v) is 2.82. The van der Waals surface area contributed by atoms with Crippen molar-refractivity contribution in [1.82, 2.24) is 4.90 Å². The van der Waals surface area contributed by atoms with Gasteiger partial charge < -0.3 is 4.90 Å². The lowest BCUT2D eigenvalue weighted by Crippen LogP contribution is -2.35. The SMILES string of the molecule is CCC(C)N(C)C(=O)c1cc(S(N)(=O)=O)c(C)cc1C.